The summed E-state index contributed by atoms with van der Waals surface area (Å²) >= 11 is 1.56. The predicted molar refractivity (Wildman–Crippen MR) is 114 cm³/mol. The molecule has 0 unspecified atom stereocenters. The standard InChI is InChI=1S/C20H20N6OS/c1-2-3-10-22-20(27)16-17-19(25-15-9-5-4-8-14(15)24-17)26(18(16)21)23-12-13-7-6-11-28-13/h4-9,11-12H,2-3,10,21H2,1H3,(H,22,27). The van der Waals surface area contributed by atoms with Crippen molar-refractivity contribution in [2.75, 3.05) is 12.3 Å². The monoisotopic (exact) mass is 392 g/mol. The summed E-state index contributed by atoms with van der Waals surface area (Å²) in [7, 11) is 0. The van der Waals surface area contributed by atoms with Crippen LogP contribution in [0.2, 0.25) is 0 Å². The van der Waals surface area contributed by atoms with Crippen molar-refractivity contribution in [1.82, 2.24) is 20.0 Å². The van der Waals surface area contributed by atoms with Crippen LogP contribution in [0.5, 0.6) is 0 Å². The number of unbranched alkanes of at least 4 members (excludes halogenated alkanes) is 1. The fourth-order valence-electron chi connectivity index (χ4n) is 2.93. The zero-order valence-electron chi connectivity index (χ0n) is 15.4. The second-order valence-electron chi connectivity index (χ2n) is 6.33. The highest BCUT2D eigenvalue weighted by molar-refractivity contribution is 7.11. The van der Waals surface area contributed by atoms with Gasteiger partial charge in [0, 0.05) is 11.4 Å². The zero-order chi connectivity index (χ0) is 19.5. The second-order valence-corrected chi connectivity index (χ2v) is 7.31. The number of hydrogen-bond donors (Lipinski definition) is 2. The molecule has 0 aliphatic carbocycles. The van der Waals surface area contributed by atoms with Gasteiger partial charge in [-0.05, 0) is 30.0 Å². The van der Waals surface area contributed by atoms with Crippen LogP contribution >= 0.6 is 11.3 Å². The molecule has 0 atom stereocenters. The van der Waals surface area contributed by atoms with Crippen molar-refractivity contribution in [1.29, 1.82) is 0 Å². The maximum absolute atomic E-state index is 12.8. The lowest BCUT2D eigenvalue weighted by Crippen LogP contribution is -2.25. The van der Waals surface area contributed by atoms with Gasteiger partial charge in [0.2, 0.25) is 0 Å². The van der Waals surface area contributed by atoms with Crippen LogP contribution in [0.1, 0.15) is 35.0 Å². The second kappa shape index (κ2) is 7.77. The van der Waals surface area contributed by atoms with Crippen molar-refractivity contribution >= 4 is 51.5 Å². The number of nitrogens with zero attached hydrogens (tertiary/aromatic N) is 4. The molecule has 4 aromatic rings. The van der Waals surface area contributed by atoms with Gasteiger partial charge in [-0.25, -0.2) is 9.97 Å². The first-order valence-corrected chi connectivity index (χ1v) is 9.99. The van der Waals surface area contributed by atoms with E-state index in [0.717, 1.165) is 23.2 Å². The van der Waals surface area contributed by atoms with E-state index in [1.54, 1.807) is 17.6 Å². The Labute approximate surface area is 165 Å². The van der Waals surface area contributed by atoms with E-state index in [1.807, 2.05) is 41.8 Å². The molecule has 3 aromatic heterocycles. The molecule has 142 valence electrons. The number of para-hydroxylation sites is 2. The van der Waals surface area contributed by atoms with Crippen LogP contribution in [-0.4, -0.2) is 33.3 Å². The fraction of sp³-hybridized carbons (Fsp3) is 0.200. The predicted octanol–water partition coefficient (Wildman–Crippen LogP) is 3.64. The minimum atomic E-state index is -0.259. The average Bonchev–Trinajstić information content (AvgIpc) is 3.30. The van der Waals surface area contributed by atoms with Gasteiger partial charge in [0.15, 0.2) is 5.65 Å². The molecular formula is C20H20N6OS. The molecule has 28 heavy (non-hydrogen) atoms. The molecule has 1 amide bonds. The quantitative estimate of drug-likeness (QED) is 0.387. The van der Waals surface area contributed by atoms with Crippen LogP contribution < -0.4 is 11.1 Å². The summed E-state index contributed by atoms with van der Waals surface area (Å²) in [5.41, 5.74) is 8.99. The Morgan fingerprint density at radius 3 is 2.75 bits per heavy atom. The third kappa shape index (κ3) is 3.34. The van der Waals surface area contributed by atoms with Gasteiger partial charge in [0.1, 0.15) is 16.9 Å². The molecule has 3 N–H and O–H groups in total. The average molecular weight is 392 g/mol. The summed E-state index contributed by atoms with van der Waals surface area (Å²) in [6, 6.07) is 11.4. The van der Waals surface area contributed by atoms with E-state index >= 15 is 0 Å². The fourth-order valence-corrected chi connectivity index (χ4v) is 3.51. The molecule has 0 bridgehead atoms. The molecule has 0 saturated heterocycles. The Morgan fingerprint density at radius 2 is 2.04 bits per heavy atom. The Hall–Kier alpha value is -3.26. The van der Waals surface area contributed by atoms with E-state index in [9.17, 15) is 4.79 Å². The first-order chi connectivity index (χ1) is 13.7. The van der Waals surface area contributed by atoms with Gasteiger partial charge < -0.3 is 11.1 Å². The number of rotatable bonds is 6. The smallest absolute Gasteiger partial charge is 0.257 e. The van der Waals surface area contributed by atoms with Crippen LogP contribution in [0.4, 0.5) is 5.82 Å². The van der Waals surface area contributed by atoms with E-state index in [1.165, 1.54) is 4.68 Å². The number of nitrogens with one attached hydrogen (secondary N) is 1. The van der Waals surface area contributed by atoms with Crippen LogP contribution in [0.15, 0.2) is 46.9 Å². The molecule has 8 heteroatoms. The number of benzene rings is 1. The third-order valence-electron chi connectivity index (χ3n) is 4.36. The Kier molecular flexibility index (Phi) is 5.03. The number of nitrogens with two attached hydrogens (primary N) is 1. The van der Waals surface area contributed by atoms with E-state index in [-0.39, 0.29) is 11.7 Å². The lowest BCUT2D eigenvalue weighted by atomic mass is 10.2. The van der Waals surface area contributed by atoms with Crippen molar-refractivity contribution in [2.45, 2.75) is 19.8 Å². The van der Waals surface area contributed by atoms with Crippen molar-refractivity contribution in [3.8, 4) is 0 Å². The highest BCUT2D eigenvalue weighted by Crippen LogP contribution is 2.27. The SMILES string of the molecule is CCCCNC(=O)c1c(N)n(N=Cc2cccs2)c2nc3ccccc3nc12. The molecule has 7 nitrogen and oxygen atoms in total. The van der Waals surface area contributed by atoms with E-state index in [2.05, 4.69) is 27.3 Å². The summed E-state index contributed by atoms with van der Waals surface area (Å²) < 4.78 is 1.49. The normalized spacial score (nSPS) is 11.6. The number of amides is 1. The van der Waals surface area contributed by atoms with Gasteiger partial charge in [0.25, 0.3) is 5.91 Å². The molecule has 3 heterocycles. The highest BCUT2D eigenvalue weighted by Gasteiger charge is 2.23. The van der Waals surface area contributed by atoms with Crippen molar-refractivity contribution in [3.63, 3.8) is 0 Å². The Balaban J connectivity index is 1.88. The molecule has 0 radical (unpaired) electrons. The molecule has 0 spiro atoms. The van der Waals surface area contributed by atoms with Crippen molar-refractivity contribution < 1.29 is 4.79 Å². The summed E-state index contributed by atoms with van der Waals surface area (Å²) in [5, 5.41) is 9.36. The highest BCUT2D eigenvalue weighted by atomic mass is 32.1. The maximum Gasteiger partial charge on any atom is 0.257 e. The van der Waals surface area contributed by atoms with Gasteiger partial charge in [-0.3, -0.25) is 4.79 Å². The Bertz CT molecular complexity index is 1160. The van der Waals surface area contributed by atoms with Crippen LogP contribution in [0.25, 0.3) is 22.2 Å². The van der Waals surface area contributed by atoms with Gasteiger partial charge in [-0.2, -0.15) is 9.78 Å². The van der Waals surface area contributed by atoms with Gasteiger partial charge >= 0.3 is 0 Å². The third-order valence-corrected chi connectivity index (χ3v) is 5.17. The lowest BCUT2D eigenvalue weighted by Gasteiger charge is -2.04. The molecule has 0 saturated carbocycles. The molecule has 0 aliphatic heterocycles. The zero-order valence-corrected chi connectivity index (χ0v) is 16.2. The first kappa shape index (κ1) is 18.1. The summed E-state index contributed by atoms with van der Waals surface area (Å²) in [6.07, 6.45) is 3.60. The number of aromatic nitrogens is 3. The Morgan fingerprint density at radius 1 is 1.25 bits per heavy atom. The first-order valence-electron chi connectivity index (χ1n) is 9.11. The van der Waals surface area contributed by atoms with Crippen LogP contribution in [0, 0.1) is 0 Å². The van der Waals surface area contributed by atoms with Crippen molar-refractivity contribution in [3.05, 3.63) is 52.2 Å². The largest absolute Gasteiger partial charge is 0.383 e. The summed E-state index contributed by atoms with van der Waals surface area (Å²) in [6.45, 7) is 2.66. The topological polar surface area (TPSA) is 98.2 Å². The summed E-state index contributed by atoms with van der Waals surface area (Å²) in [4.78, 5) is 23.1. The number of nitrogen functional groups attached to an aromatic ring is 1. The number of thiophene rings is 1. The van der Waals surface area contributed by atoms with Crippen LogP contribution in [0.3, 0.4) is 0 Å². The van der Waals surface area contributed by atoms with Gasteiger partial charge in [-0.1, -0.05) is 31.5 Å². The molecule has 1 aromatic carbocycles. The van der Waals surface area contributed by atoms with Gasteiger partial charge in [0.05, 0.1) is 17.2 Å². The number of carbonyl (C=O) groups is 1. The number of anilines is 1. The van der Waals surface area contributed by atoms with E-state index in [0.29, 0.717) is 28.8 Å². The summed E-state index contributed by atoms with van der Waals surface area (Å²) in [5.74, 6) is -0.0299. The minimum absolute atomic E-state index is 0.229. The molecule has 0 aliphatic rings. The molecule has 4 rings (SSSR count). The lowest BCUT2D eigenvalue weighted by molar-refractivity contribution is 0.0955. The number of hydrogen-bond acceptors (Lipinski definition) is 6. The minimum Gasteiger partial charge on any atom is -0.383 e. The van der Waals surface area contributed by atoms with Crippen LogP contribution in [-0.2, 0) is 0 Å². The van der Waals surface area contributed by atoms with E-state index < -0.39 is 0 Å². The maximum atomic E-state index is 12.8. The molecule has 0 fully saturated rings. The molecular weight excluding hydrogens is 372 g/mol. The van der Waals surface area contributed by atoms with E-state index in [4.69, 9.17) is 5.73 Å². The van der Waals surface area contributed by atoms with Crippen molar-refractivity contribution in [2.24, 2.45) is 5.10 Å². The number of fused-ring (bicyclic) bond motifs is 2. The number of carbonyl (C=O) groups excluding carboxylic acids is 1. The van der Waals surface area contributed by atoms with Gasteiger partial charge in [-0.15, -0.1) is 11.3 Å².